The minimum absolute atomic E-state index is 0.0129. The van der Waals surface area contributed by atoms with Crippen LogP contribution in [-0.2, 0) is 6.42 Å². The highest BCUT2D eigenvalue weighted by Crippen LogP contribution is 2.24. The Bertz CT molecular complexity index is 440. The van der Waals surface area contributed by atoms with Crippen molar-refractivity contribution in [3.63, 3.8) is 0 Å². The minimum Gasteiger partial charge on any atom is -0.388 e. The zero-order valence-electron chi connectivity index (χ0n) is 11.1. The van der Waals surface area contributed by atoms with Crippen molar-refractivity contribution >= 4 is 5.91 Å². The highest BCUT2D eigenvalue weighted by Gasteiger charge is 2.18. The molecule has 18 heavy (non-hydrogen) atoms. The molecule has 1 heterocycles. The number of fused-ring (bicyclic) bond motifs is 1. The van der Waals surface area contributed by atoms with Crippen LogP contribution in [0.4, 0.5) is 0 Å². The van der Waals surface area contributed by atoms with Gasteiger partial charge in [-0.3, -0.25) is 4.79 Å². The molecule has 98 valence electrons. The van der Waals surface area contributed by atoms with Gasteiger partial charge in [0.05, 0.1) is 6.10 Å². The van der Waals surface area contributed by atoms with Crippen LogP contribution in [0, 0.1) is 5.92 Å². The Morgan fingerprint density at radius 3 is 2.89 bits per heavy atom. The summed E-state index contributed by atoms with van der Waals surface area (Å²) in [5, 5.41) is 13.0. The number of hydrogen-bond donors (Lipinski definition) is 2. The fraction of sp³-hybridized carbons (Fsp3) is 0.533. The second-order valence-corrected chi connectivity index (χ2v) is 5.42. The summed E-state index contributed by atoms with van der Waals surface area (Å²) in [5.41, 5.74) is 2.66. The van der Waals surface area contributed by atoms with Gasteiger partial charge in [-0.15, -0.1) is 0 Å². The lowest BCUT2D eigenvalue weighted by molar-refractivity contribution is 0.0955. The summed E-state index contributed by atoms with van der Waals surface area (Å²) in [6, 6.07) is 5.78. The molecule has 1 atom stereocenters. The zero-order valence-corrected chi connectivity index (χ0v) is 11.1. The minimum atomic E-state index is -0.480. The third kappa shape index (κ3) is 2.91. The largest absolute Gasteiger partial charge is 0.388 e. The van der Waals surface area contributed by atoms with Crippen LogP contribution >= 0.6 is 0 Å². The molecular weight excluding hydrogens is 226 g/mol. The van der Waals surface area contributed by atoms with Crippen LogP contribution < -0.4 is 5.32 Å². The molecule has 1 aromatic carbocycles. The highest BCUT2D eigenvalue weighted by atomic mass is 16.3. The van der Waals surface area contributed by atoms with Gasteiger partial charge >= 0.3 is 0 Å². The SMILES string of the molecule is CC(C)CC(O)c1ccc2c(c1)C(=O)NCCC2. The summed E-state index contributed by atoms with van der Waals surface area (Å²) in [4.78, 5) is 11.9. The molecule has 3 nitrogen and oxygen atoms in total. The van der Waals surface area contributed by atoms with E-state index in [4.69, 9.17) is 0 Å². The fourth-order valence-electron chi connectivity index (χ4n) is 2.39. The van der Waals surface area contributed by atoms with Crippen LogP contribution in [0.3, 0.4) is 0 Å². The summed E-state index contributed by atoms with van der Waals surface area (Å²) >= 11 is 0. The van der Waals surface area contributed by atoms with Gasteiger partial charge in [-0.2, -0.15) is 0 Å². The van der Waals surface area contributed by atoms with Crippen molar-refractivity contribution in [2.24, 2.45) is 5.92 Å². The number of amides is 1. The molecule has 2 rings (SSSR count). The number of hydrogen-bond acceptors (Lipinski definition) is 2. The molecule has 0 aliphatic carbocycles. The highest BCUT2D eigenvalue weighted by molar-refractivity contribution is 5.96. The Labute approximate surface area is 108 Å². The van der Waals surface area contributed by atoms with E-state index in [1.165, 1.54) is 0 Å². The van der Waals surface area contributed by atoms with Gasteiger partial charge < -0.3 is 10.4 Å². The van der Waals surface area contributed by atoms with Crippen LogP contribution in [0.25, 0.3) is 0 Å². The predicted octanol–water partition coefficient (Wildman–Crippen LogP) is 2.44. The van der Waals surface area contributed by atoms with Gasteiger partial charge in [0.2, 0.25) is 0 Å². The number of carbonyl (C=O) groups is 1. The maximum atomic E-state index is 11.9. The molecule has 0 spiro atoms. The fourth-order valence-corrected chi connectivity index (χ4v) is 2.39. The van der Waals surface area contributed by atoms with E-state index in [0.29, 0.717) is 5.92 Å². The van der Waals surface area contributed by atoms with Crippen molar-refractivity contribution in [1.82, 2.24) is 5.32 Å². The maximum Gasteiger partial charge on any atom is 0.251 e. The molecule has 0 bridgehead atoms. The number of aliphatic hydroxyl groups is 1. The smallest absolute Gasteiger partial charge is 0.251 e. The number of nitrogens with one attached hydrogen (secondary N) is 1. The van der Waals surface area contributed by atoms with Gasteiger partial charge in [0, 0.05) is 12.1 Å². The first-order chi connectivity index (χ1) is 8.58. The van der Waals surface area contributed by atoms with Crippen molar-refractivity contribution in [2.45, 2.75) is 39.2 Å². The summed E-state index contributed by atoms with van der Waals surface area (Å²) in [7, 11) is 0. The summed E-state index contributed by atoms with van der Waals surface area (Å²) in [6.07, 6.45) is 2.15. The van der Waals surface area contributed by atoms with E-state index >= 15 is 0 Å². The predicted molar refractivity (Wildman–Crippen MR) is 71.5 cm³/mol. The molecule has 2 N–H and O–H groups in total. The van der Waals surface area contributed by atoms with Gasteiger partial charge in [-0.25, -0.2) is 0 Å². The van der Waals surface area contributed by atoms with E-state index in [1.807, 2.05) is 18.2 Å². The second kappa shape index (κ2) is 5.53. The van der Waals surface area contributed by atoms with Crippen molar-refractivity contribution in [3.8, 4) is 0 Å². The molecule has 0 saturated heterocycles. The number of carbonyl (C=O) groups excluding carboxylic acids is 1. The third-order valence-electron chi connectivity index (χ3n) is 3.37. The van der Waals surface area contributed by atoms with Crippen LogP contribution in [0.5, 0.6) is 0 Å². The number of aliphatic hydroxyl groups excluding tert-OH is 1. The topological polar surface area (TPSA) is 49.3 Å². The Hall–Kier alpha value is -1.35. The van der Waals surface area contributed by atoms with E-state index in [-0.39, 0.29) is 5.91 Å². The lowest BCUT2D eigenvalue weighted by Crippen LogP contribution is -2.22. The van der Waals surface area contributed by atoms with Crippen molar-refractivity contribution in [3.05, 3.63) is 34.9 Å². The Morgan fingerprint density at radius 2 is 2.17 bits per heavy atom. The van der Waals surface area contributed by atoms with Gasteiger partial charge in [-0.1, -0.05) is 26.0 Å². The molecule has 1 aromatic rings. The quantitative estimate of drug-likeness (QED) is 0.862. The first-order valence-corrected chi connectivity index (χ1v) is 6.67. The van der Waals surface area contributed by atoms with Crippen LogP contribution in [-0.4, -0.2) is 17.6 Å². The second-order valence-electron chi connectivity index (χ2n) is 5.42. The molecule has 0 radical (unpaired) electrons. The van der Waals surface area contributed by atoms with E-state index in [2.05, 4.69) is 19.2 Å². The molecule has 0 fully saturated rings. The molecular formula is C15H21NO2. The standard InChI is InChI=1S/C15H21NO2/c1-10(2)8-14(17)12-6-5-11-4-3-7-16-15(18)13(11)9-12/h5-6,9-10,14,17H,3-4,7-8H2,1-2H3,(H,16,18). The van der Waals surface area contributed by atoms with Gasteiger partial charge in [0.1, 0.15) is 0 Å². The Kier molecular flexibility index (Phi) is 4.02. The summed E-state index contributed by atoms with van der Waals surface area (Å²) in [5.74, 6) is 0.425. The van der Waals surface area contributed by atoms with Crippen molar-refractivity contribution in [1.29, 1.82) is 0 Å². The van der Waals surface area contributed by atoms with Crippen LogP contribution in [0.15, 0.2) is 18.2 Å². The molecule has 1 aliphatic heterocycles. The number of aryl methyl sites for hydroxylation is 1. The average molecular weight is 247 g/mol. The molecule has 1 aliphatic rings. The van der Waals surface area contributed by atoms with E-state index < -0.39 is 6.10 Å². The number of benzene rings is 1. The molecule has 3 heteroatoms. The average Bonchev–Trinajstić information content (AvgIpc) is 2.50. The third-order valence-corrected chi connectivity index (χ3v) is 3.37. The summed E-state index contributed by atoms with van der Waals surface area (Å²) in [6.45, 7) is 4.90. The molecule has 1 amide bonds. The van der Waals surface area contributed by atoms with Crippen LogP contribution in [0.1, 0.15) is 54.3 Å². The first kappa shape index (κ1) is 13.1. The normalized spacial score (nSPS) is 17.0. The first-order valence-electron chi connectivity index (χ1n) is 6.67. The maximum absolute atomic E-state index is 11.9. The van der Waals surface area contributed by atoms with E-state index in [0.717, 1.165) is 42.5 Å². The lowest BCUT2D eigenvalue weighted by Gasteiger charge is -2.15. The van der Waals surface area contributed by atoms with Crippen molar-refractivity contribution < 1.29 is 9.90 Å². The van der Waals surface area contributed by atoms with Gasteiger partial charge in [0.25, 0.3) is 5.91 Å². The Balaban J connectivity index is 2.27. The monoisotopic (exact) mass is 247 g/mol. The number of rotatable bonds is 3. The Morgan fingerprint density at radius 1 is 1.39 bits per heavy atom. The zero-order chi connectivity index (χ0) is 13.1. The molecule has 0 aromatic heterocycles. The lowest BCUT2D eigenvalue weighted by atomic mass is 9.95. The molecule has 0 saturated carbocycles. The molecule has 1 unspecified atom stereocenters. The van der Waals surface area contributed by atoms with Gasteiger partial charge in [0.15, 0.2) is 0 Å². The van der Waals surface area contributed by atoms with Gasteiger partial charge in [-0.05, 0) is 42.4 Å². The van der Waals surface area contributed by atoms with Crippen molar-refractivity contribution in [2.75, 3.05) is 6.54 Å². The summed E-state index contributed by atoms with van der Waals surface area (Å²) < 4.78 is 0. The van der Waals surface area contributed by atoms with E-state index in [1.54, 1.807) is 0 Å². The van der Waals surface area contributed by atoms with E-state index in [9.17, 15) is 9.90 Å². The van der Waals surface area contributed by atoms with Crippen LogP contribution in [0.2, 0.25) is 0 Å².